The second-order valence-electron chi connectivity index (χ2n) is 0.136. The molecule has 0 aliphatic rings. The summed E-state index contributed by atoms with van der Waals surface area (Å²) >= 11 is -0.947. The van der Waals surface area contributed by atoms with Crippen molar-refractivity contribution in [1.82, 2.24) is 0 Å². The zero-order chi connectivity index (χ0) is 5.41. The summed E-state index contributed by atoms with van der Waals surface area (Å²) in [4.78, 5) is 0. The van der Waals surface area contributed by atoms with Gasteiger partial charge in [0.25, 0.3) is 0 Å². The van der Waals surface area contributed by atoms with Gasteiger partial charge in [0, 0.05) is 0 Å². The van der Waals surface area contributed by atoms with E-state index >= 15 is 0 Å². The first-order chi connectivity index (χ1) is 2.83. The average molecular weight is 647 g/mol. The summed E-state index contributed by atoms with van der Waals surface area (Å²) in [6.45, 7) is 0. The molecule has 11 heteroatoms. The molecule has 0 nitrogen and oxygen atoms in total. The average Bonchev–Trinajstić information content (AvgIpc) is 1.39. The molecule has 0 aromatic carbocycles. The van der Waals surface area contributed by atoms with Gasteiger partial charge in [-0.25, -0.2) is 0 Å². The fourth-order valence-corrected chi connectivity index (χ4v) is 0. The van der Waals surface area contributed by atoms with Crippen molar-refractivity contribution in [3.63, 3.8) is 0 Å². The molecular formula is H4MoPdS8W. The first kappa shape index (κ1) is 45.4. The predicted molar refractivity (Wildman–Crippen MR) is 65.4 cm³/mol. The molecule has 0 bridgehead atoms. The van der Waals surface area contributed by atoms with E-state index in [1.165, 1.54) is 0 Å². The van der Waals surface area contributed by atoms with Crippen molar-refractivity contribution in [2.75, 3.05) is 0 Å². The molecule has 0 saturated heterocycles. The summed E-state index contributed by atoms with van der Waals surface area (Å²) in [6.07, 6.45) is 0. The Labute approximate surface area is 140 Å². The summed E-state index contributed by atoms with van der Waals surface area (Å²) in [5.41, 5.74) is 0. The van der Waals surface area contributed by atoms with Gasteiger partial charge in [0.1, 0.15) is 0 Å². The summed E-state index contributed by atoms with van der Waals surface area (Å²) in [7, 11) is 17.4. The molecule has 0 aliphatic carbocycles. The van der Waals surface area contributed by atoms with E-state index in [1.807, 2.05) is 0 Å². The number of hydrogen-bond acceptors (Lipinski definition) is 8. The SMILES string of the molecule is [Pd+2].[SH-].[SH-].[SH-].[SH-].[S]=[Mo+2]=[S].[S]=[W]=[S]. The molecule has 0 rings (SSSR count). The van der Waals surface area contributed by atoms with Crippen LogP contribution in [0.4, 0.5) is 0 Å². The Morgan fingerprint density at radius 3 is 0.818 bits per heavy atom. The maximum atomic E-state index is 4.38. The standard InChI is InChI=1S/Mo.Pd.4H2S.4S.W/h;;4*1H2;;;;;/q2*+2;;;;;;;;;/p-4. The van der Waals surface area contributed by atoms with Crippen LogP contribution in [0.1, 0.15) is 0 Å². The van der Waals surface area contributed by atoms with E-state index in [1.54, 1.807) is 0 Å². The van der Waals surface area contributed by atoms with Gasteiger partial charge in [0.15, 0.2) is 0 Å². The van der Waals surface area contributed by atoms with Gasteiger partial charge in [0.05, 0.1) is 0 Å². The van der Waals surface area contributed by atoms with Gasteiger partial charge in [-0.3, -0.25) is 0 Å². The summed E-state index contributed by atoms with van der Waals surface area (Å²) in [6, 6.07) is 0. The van der Waals surface area contributed by atoms with Crippen molar-refractivity contribution in [3.8, 4) is 0 Å². The van der Waals surface area contributed by atoms with Gasteiger partial charge in [-0.05, 0) is 0 Å². The first-order valence-electron chi connectivity index (χ1n) is 0.667. The van der Waals surface area contributed by atoms with Crippen LogP contribution in [0.3, 0.4) is 0 Å². The second kappa shape index (κ2) is 63.6. The van der Waals surface area contributed by atoms with Crippen LogP contribution < -0.4 is 0 Å². The van der Waals surface area contributed by atoms with E-state index in [9.17, 15) is 0 Å². The number of thiol groups is 4. The molecule has 0 N–H and O–H groups in total. The van der Waals surface area contributed by atoms with Gasteiger partial charge < -0.3 is 54.0 Å². The minimum atomic E-state index is -0.583. The van der Waals surface area contributed by atoms with Gasteiger partial charge in [-0.2, -0.15) is 0 Å². The molecule has 0 unspecified atom stereocenters. The van der Waals surface area contributed by atoms with E-state index < -0.39 is 14.9 Å². The fraction of sp³-hybridized carbons (Fsp3) is 0. The Kier molecular flexibility index (Phi) is 262. The maximum absolute atomic E-state index is 4.38. The van der Waals surface area contributed by atoms with Crippen LogP contribution in [-0.2, 0) is 104 Å². The third-order valence-electron chi connectivity index (χ3n) is 0. The van der Waals surface area contributed by atoms with Crippen LogP contribution in [-0.4, -0.2) is 0 Å². The molecule has 0 amide bonds. The molecule has 0 aliphatic heterocycles. The fourth-order valence-electron chi connectivity index (χ4n) is 0. The van der Waals surface area contributed by atoms with Crippen molar-refractivity contribution >= 4 is 93.3 Å². The van der Waals surface area contributed by atoms with E-state index in [4.69, 9.17) is 0 Å². The van der Waals surface area contributed by atoms with Gasteiger partial charge >= 0.3 is 89.6 Å². The monoisotopic (exact) mass is 648 g/mol. The molecule has 0 spiro atoms. The quantitative estimate of drug-likeness (QED) is 0.218. The Morgan fingerprint density at radius 1 is 0.818 bits per heavy atom. The van der Waals surface area contributed by atoms with Crippen molar-refractivity contribution in [2.24, 2.45) is 0 Å². The van der Waals surface area contributed by atoms with Crippen molar-refractivity contribution in [3.05, 3.63) is 0 Å². The molecule has 0 aromatic heterocycles. The topological polar surface area (TPSA) is 0 Å². The summed E-state index contributed by atoms with van der Waals surface area (Å²) in [5, 5.41) is 0. The molecule has 0 atom stereocenters. The zero-order valence-corrected chi connectivity index (χ0v) is 17.9. The van der Waals surface area contributed by atoms with E-state index in [0.717, 1.165) is 0 Å². The summed E-state index contributed by atoms with van der Waals surface area (Å²) in [5.74, 6) is 0. The Bertz CT molecular complexity index is 68.1. The normalized spacial score (nSPS) is 1.82. The Hall–Kier alpha value is 4.32. The van der Waals surface area contributed by atoms with Crippen LogP contribution in [0.25, 0.3) is 0 Å². The third kappa shape index (κ3) is 116. The zero-order valence-electron chi connectivity index (χ0n) is 4.55. The molecule has 0 fully saturated rings. The molecule has 0 radical (unpaired) electrons. The second-order valence-corrected chi connectivity index (χ2v) is 8.64. The van der Waals surface area contributed by atoms with Crippen LogP contribution in [0.5, 0.6) is 0 Å². The van der Waals surface area contributed by atoms with Crippen LogP contribution in [0, 0.1) is 0 Å². The van der Waals surface area contributed by atoms with Crippen LogP contribution in [0.2, 0.25) is 0 Å². The van der Waals surface area contributed by atoms with Gasteiger partial charge in [-0.1, -0.05) is 0 Å². The van der Waals surface area contributed by atoms with E-state index in [-0.39, 0.29) is 89.3 Å². The Morgan fingerprint density at radius 2 is 0.818 bits per heavy atom. The Balaban J connectivity index is -0.00000000400. The van der Waals surface area contributed by atoms with E-state index in [0.29, 0.717) is 0 Å². The number of rotatable bonds is 0. The number of hydrogen-bond donors (Lipinski definition) is 0. The molecule has 0 heterocycles. The first-order valence-corrected chi connectivity index (χ1v) is 14.1. The molecule has 11 heavy (non-hydrogen) atoms. The van der Waals surface area contributed by atoms with Crippen molar-refractivity contribution < 1.29 is 50.3 Å². The molecule has 74 valence electrons. The van der Waals surface area contributed by atoms with Gasteiger partial charge in [0.2, 0.25) is 0 Å². The minimum absolute atomic E-state index is 0. The molecular weight excluding hydrogens is 643 g/mol. The van der Waals surface area contributed by atoms with Crippen LogP contribution >= 0.6 is 39.3 Å². The summed E-state index contributed by atoms with van der Waals surface area (Å²) < 4.78 is 0. The molecule has 0 saturated carbocycles. The van der Waals surface area contributed by atoms with E-state index in [2.05, 4.69) is 39.3 Å². The van der Waals surface area contributed by atoms with Crippen molar-refractivity contribution in [1.29, 1.82) is 0 Å². The third-order valence-corrected chi connectivity index (χ3v) is 0. The van der Waals surface area contributed by atoms with Gasteiger partial charge in [-0.15, -0.1) is 0 Å². The van der Waals surface area contributed by atoms with Crippen molar-refractivity contribution in [2.45, 2.75) is 0 Å². The molecule has 0 aromatic rings. The van der Waals surface area contributed by atoms with Crippen LogP contribution in [0.15, 0.2) is 0 Å². The predicted octanol–water partition coefficient (Wildman–Crippen LogP) is 1.50.